The second-order valence-corrected chi connectivity index (χ2v) is 8.49. The van der Waals surface area contributed by atoms with E-state index in [-0.39, 0.29) is 15.7 Å². The molecule has 0 saturated carbocycles. The molecule has 0 atom stereocenters. The van der Waals surface area contributed by atoms with Gasteiger partial charge in [0.05, 0.1) is 26.8 Å². The molecule has 0 aliphatic rings. The van der Waals surface area contributed by atoms with Crippen molar-refractivity contribution in [3.05, 3.63) is 62.6 Å². The molecule has 0 radical (unpaired) electrons. The second kappa shape index (κ2) is 8.76. The fourth-order valence-corrected chi connectivity index (χ4v) is 4.68. The standard InChI is InChI=1S/C17H16Cl2N2O6S/c1-11(2)27-16(22)10-20(17-12(18)6-5-7-13(17)19)28(25,26)15-9-4-3-8-14(15)21(23)24/h3-9,11H,10H2,1-2H3. The summed E-state index contributed by atoms with van der Waals surface area (Å²) < 4.78 is 32.2. The molecule has 0 unspecified atom stereocenters. The molecule has 0 aromatic heterocycles. The van der Waals surface area contributed by atoms with E-state index >= 15 is 0 Å². The normalized spacial score (nSPS) is 11.3. The van der Waals surface area contributed by atoms with Gasteiger partial charge in [0.2, 0.25) is 0 Å². The van der Waals surface area contributed by atoms with E-state index in [2.05, 4.69) is 0 Å². The van der Waals surface area contributed by atoms with Gasteiger partial charge in [0.1, 0.15) is 6.54 Å². The molecule has 2 rings (SSSR count). The number of carbonyl (C=O) groups excluding carboxylic acids is 1. The zero-order valence-corrected chi connectivity index (χ0v) is 17.2. The van der Waals surface area contributed by atoms with Crippen LogP contribution in [0.15, 0.2) is 47.4 Å². The van der Waals surface area contributed by atoms with Crippen molar-refractivity contribution in [3.63, 3.8) is 0 Å². The van der Waals surface area contributed by atoms with Crippen LogP contribution in [0.3, 0.4) is 0 Å². The van der Waals surface area contributed by atoms with E-state index in [1.165, 1.54) is 30.3 Å². The van der Waals surface area contributed by atoms with Crippen molar-refractivity contribution >= 4 is 50.6 Å². The summed E-state index contributed by atoms with van der Waals surface area (Å²) in [6.07, 6.45) is -0.496. The minimum Gasteiger partial charge on any atom is -0.462 e. The molecule has 0 amide bonds. The van der Waals surface area contributed by atoms with Gasteiger partial charge in [-0.15, -0.1) is 0 Å². The van der Waals surface area contributed by atoms with Crippen LogP contribution in [0.4, 0.5) is 11.4 Å². The average Bonchev–Trinajstić information content (AvgIpc) is 2.60. The van der Waals surface area contributed by atoms with Crippen molar-refractivity contribution in [3.8, 4) is 0 Å². The summed E-state index contributed by atoms with van der Waals surface area (Å²) in [5.74, 6) is -0.867. The Morgan fingerprint density at radius 3 is 2.25 bits per heavy atom. The molecule has 0 aliphatic heterocycles. The molecule has 0 bridgehead atoms. The van der Waals surface area contributed by atoms with Crippen LogP contribution >= 0.6 is 23.2 Å². The van der Waals surface area contributed by atoms with Crippen molar-refractivity contribution in [2.75, 3.05) is 10.8 Å². The third-order valence-electron chi connectivity index (χ3n) is 3.46. The molecule has 8 nitrogen and oxygen atoms in total. The Balaban J connectivity index is 2.68. The van der Waals surface area contributed by atoms with Gasteiger partial charge in [-0.05, 0) is 32.0 Å². The number of carbonyl (C=O) groups is 1. The Morgan fingerprint density at radius 1 is 1.14 bits per heavy atom. The van der Waals surface area contributed by atoms with E-state index < -0.39 is 44.1 Å². The first-order chi connectivity index (χ1) is 13.1. The molecule has 0 heterocycles. The lowest BCUT2D eigenvalue weighted by atomic mass is 10.3. The van der Waals surface area contributed by atoms with E-state index in [0.29, 0.717) is 4.31 Å². The molecule has 2 aromatic rings. The Bertz CT molecular complexity index is 990. The minimum absolute atomic E-state index is 0.0491. The van der Waals surface area contributed by atoms with Crippen LogP contribution in [0, 0.1) is 10.1 Å². The van der Waals surface area contributed by atoms with Gasteiger partial charge in [-0.25, -0.2) is 8.42 Å². The molecule has 2 aromatic carbocycles. The number of nitrogens with zero attached hydrogens (tertiary/aromatic N) is 2. The van der Waals surface area contributed by atoms with E-state index in [1.54, 1.807) is 13.8 Å². The quantitative estimate of drug-likeness (QED) is 0.360. The zero-order chi connectivity index (χ0) is 21.1. The molecule has 0 aliphatic carbocycles. The number of rotatable bonds is 7. The molecule has 0 spiro atoms. The highest BCUT2D eigenvalue weighted by atomic mass is 35.5. The van der Waals surface area contributed by atoms with E-state index in [4.69, 9.17) is 27.9 Å². The topological polar surface area (TPSA) is 107 Å². The lowest BCUT2D eigenvalue weighted by Crippen LogP contribution is -2.38. The SMILES string of the molecule is CC(C)OC(=O)CN(c1c(Cl)cccc1Cl)S(=O)(=O)c1ccccc1[N+](=O)[O-]. The first-order valence-corrected chi connectivity index (χ1v) is 10.1. The van der Waals surface area contributed by atoms with Gasteiger partial charge in [0.15, 0.2) is 4.90 Å². The van der Waals surface area contributed by atoms with E-state index in [0.717, 1.165) is 12.1 Å². The molecular weight excluding hydrogens is 431 g/mol. The Hall–Kier alpha value is -2.36. The average molecular weight is 447 g/mol. The Morgan fingerprint density at radius 2 is 1.71 bits per heavy atom. The van der Waals surface area contributed by atoms with Crippen LogP contribution in [0.1, 0.15) is 13.8 Å². The largest absolute Gasteiger partial charge is 0.462 e. The second-order valence-electron chi connectivity index (χ2n) is 5.85. The van der Waals surface area contributed by atoms with Gasteiger partial charge in [0.25, 0.3) is 15.7 Å². The minimum atomic E-state index is -4.58. The third-order valence-corrected chi connectivity index (χ3v) is 5.86. The van der Waals surface area contributed by atoms with Gasteiger partial charge in [-0.1, -0.05) is 41.4 Å². The van der Waals surface area contributed by atoms with Gasteiger partial charge in [-0.3, -0.25) is 19.2 Å². The lowest BCUT2D eigenvalue weighted by molar-refractivity contribution is -0.387. The molecule has 0 fully saturated rings. The molecule has 0 saturated heterocycles. The summed E-state index contributed by atoms with van der Waals surface area (Å²) >= 11 is 12.3. The maximum absolute atomic E-state index is 13.3. The van der Waals surface area contributed by atoms with Gasteiger partial charge in [-0.2, -0.15) is 0 Å². The summed E-state index contributed by atoms with van der Waals surface area (Å²) in [4.78, 5) is 22.1. The summed E-state index contributed by atoms with van der Waals surface area (Å²) in [5.41, 5.74) is -0.822. The third kappa shape index (κ3) is 4.73. The van der Waals surface area contributed by atoms with E-state index in [9.17, 15) is 23.3 Å². The first kappa shape index (κ1) is 21.9. The van der Waals surface area contributed by atoms with Gasteiger partial charge in [0, 0.05) is 6.07 Å². The zero-order valence-electron chi connectivity index (χ0n) is 14.8. The number of halogens is 2. The number of ether oxygens (including phenoxy) is 1. The lowest BCUT2D eigenvalue weighted by Gasteiger charge is -2.25. The number of para-hydroxylation sites is 2. The predicted molar refractivity (Wildman–Crippen MR) is 105 cm³/mol. The van der Waals surface area contributed by atoms with Crippen molar-refractivity contribution in [1.82, 2.24) is 0 Å². The maximum Gasteiger partial charge on any atom is 0.327 e. The Labute approximate surface area is 171 Å². The fraction of sp³-hybridized carbons (Fsp3) is 0.235. The van der Waals surface area contributed by atoms with Crippen LogP contribution in [-0.2, 0) is 19.6 Å². The van der Waals surface area contributed by atoms with Crippen LogP contribution < -0.4 is 4.31 Å². The summed E-state index contributed by atoms with van der Waals surface area (Å²) in [6, 6.07) is 9.05. The van der Waals surface area contributed by atoms with Crippen molar-refractivity contribution < 1.29 is 22.9 Å². The van der Waals surface area contributed by atoms with Crippen LogP contribution in [0.25, 0.3) is 0 Å². The Kier molecular flexibility index (Phi) is 6.87. The number of nitro groups is 1. The summed E-state index contributed by atoms with van der Waals surface area (Å²) in [7, 11) is -4.58. The van der Waals surface area contributed by atoms with Crippen LogP contribution in [0.2, 0.25) is 10.0 Å². The first-order valence-electron chi connectivity index (χ1n) is 7.95. The molecule has 0 N–H and O–H groups in total. The van der Waals surface area contributed by atoms with E-state index in [1.807, 2.05) is 0 Å². The summed E-state index contributed by atoms with van der Waals surface area (Å²) in [5, 5.41) is 11.2. The number of sulfonamides is 1. The van der Waals surface area contributed by atoms with Crippen LogP contribution in [-0.4, -0.2) is 32.0 Å². The molecule has 11 heteroatoms. The predicted octanol–water partition coefficient (Wildman–Crippen LogP) is 4.05. The molecule has 150 valence electrons. The van der Waals surface area contributed by atoms with Gasteiger partial charge >= 0.3 is 5.97 Å². The fourth-order valence-electron chi connectivity index (χ4n) is 2.37. The number of hydrogen-bond acceptors (Lipinski definition) is 6. The van der Waals surface area contributed by atoms with Gasteiger partial charge < -0.3 is 4.74 Å². The highest BCUT2D eigenvalue weighted by Crippen LogP contribution is 2.38. The summed E-state index contributed by atoms with van der Waals surface area (Å²) in [6.45, 7) is 2.43. The monoisotopic (exact) mass is 446 g/mol. The maximum atomic E-state index is 13.3. The highest BCUT2D eigenvalue weighted by Gasteiger charge is 2.35. The van der Waals surface area contributed by atoms with Crippen LogP contribution in [0.5, 0.6) is 0 Å². The smallest absolute Gasteiger partial charge is 0.327 e. The van der Waals surface area contributed by atoms with Crippen molar-refractivity contribution in [1.29, 1.82) is 0 Å². The number of hydrogen-bond donors (Lipinski definition) is 0. The number of nitro benzene ring substituents is 1. The van der Waals surface area contributed by atoms with Crippen molar-refractivity contribution in [2.45, 2.75) is 24.8 Å². The number of anilines is 1. The molecule has 28 heavy (non-hydrogen) atoms. The molecular formula is C17H16Cl2N2O6S. The highest BCUT2D eigenvalue weighted by molar-refractivity contribution is 7.93. The van der Waals surface area contributed by atoms with Crippen molar-refractivity contribution in [2.24, 2.45) is 0 Å². The number of esters is 1. The number of benzene rings is 2.